The van der Waals surface area contributed by atoms with Gasteiger partial charge in [0.25, 0.3) is 0 Å². The van der Waals surface area contributed by atoms with Crippen LogP contribution in [0.15, 0.2) is 35.7 Å². The minimum atomic E-state index is 0.614. The lowest BCUT2D eigenvalue weighted by atomic mass is 10.1. The Kier molecular flexibility index (Phi) is 4.05. The van der Waals surface area contributed by atoms with Gasteiger partial charge in [-0.1, -0.05) is 29.3 Å². The predicted octanol–water partition coefficient (Wildman–Crippen LogP) is 5.66. The quantitative estimate of drug-likeness (QED) is 0.636. The average Bonchev–Trinajstić information content (AvgIpc) is 3.08. The summed E-state index contributed by atoms with van der Waals surface area (Å²) in [7, 11) is 0. The Hall–Kier alpha value is -1.49. The third kappa shape index (κ3) is 2.87. The summed E-state index contributed by atoms with van der Waals surface area (Å²) < 4.78 is 1.94. The van der Waals surface area contributed by atoms with Crippen LogP contribution in [0, 0.1) is 0 Å². The summed E-state index contributed by atoms with van der Waals surface area (Å²) in [6.45, 7) is 0.955. The van der Waals surface area contributed by atoms with E-state index < -0.39 is 0 Å². The molecule has 0 fully saturated rings. The summed E-state index contributed by atoms with van der Waals surface area (Å²) in [4.78, 5) is 1.19. The topological polar surface area (TPSA) is 29.9 Å². The van der Waals surface area contributed by atoms with Gasteiger partial charge in [0.1, 0.15) is 11.5 Å². The van der Waals surface area contributed by atoms with Crippen LogP contribution >= 0.6 is 34.5 Å². The maximum atomic E-state index is 6.18. The largest absolute Gasteiger partial charge is 0.370 e. The normalized spacial score (nSPS) is 14.2. The minimum Gasteiger partial charge on any atom is -0.370 e. The highest BCUT2D eigenvalue weighted by Gasteiger charge is 2.22. The van der Waals surface area contributed by atoms with Crippen molar-refractivity contribution in [2.24, 2.45) is 0 Å². The molecule has 3 aromatic rings. The van der Waals surface area contributed by atoms with Gasteiger partial charge in [0, 0.05) is 22.2 Å². The van der Waals surface area contributed by atoms with Crippen LogP contribution in [0.1, 0.15) is 18.4 Å². The van der Waals surface area contributed by atoms with Crippen LogP contribution < -0.4 is 5.32 Å². The average molecular weight is 364 g/mol. The summed E-state index contributed by atoms with van der Waals surface area (Å²) in [5.74, 6) is 1.06. The number of hydrogen-bond acceptors (Lipinski definition) is 3. The maximum absolute atomic E-state index is 6.18. The van der Waals surface area contributed by atoms with Crippen molar-refractivity contribution in [3.05, 3.63) is 51.3 Å². The molecule has 0 spiro atoms. The molecule has 1 aliphatic heterocycles. The molecule has 1 N–H and O–H groups in total. The maximum Gasteiger partial charge on any atom is 0.133 e. The van der Waals surface area contributed by atoms with Crippen LogP contribution in [-0.2, 0) is 6.42 Å². The molecule has 2 aromatic heterocycles. The number of aromatic nitrogens is 2. The molecule has 3 heterocycles. The highest BCUT2D eigenvalue weighted by Crippen LogP contribution is 2.36. The highest BCUT2D eigenvalue weighted by atomic mass is 35.5. The second kappa shape index (κ2) is 6.19. The first-order valence-electron chi connectivity index (χ1n) is 7.58. The summed E-state index contributed by atoms with van der Waals surface area (Å²) in [6.07, 6.45) is 3.36. The Bertz CT molecular complexity index is 820. The van der Waals surface area contributed by atoms with E-state index in [1.807, 2.05) is 16.8 Å². The second-order valence-electron chi connectivity index (χ2n) is 5.58. The fourth-order valence-electron chi connectivity index (χ4n) is 2.96. The monoisotopic (exact) mass is 363 g/mol. The van der Waals surface area contributed by atoms with Crippen molar-refractivity contribution in [3.8, 4) is 16.3 Å². The van der Waals surface area contributed by atoms with Crippen molar-refractivity contribution in [3.63, 3.8) is 0 Å². The van der Waals surface area contributed by atoms with Gasteiger partial charge < -0.3 is 5.32 Å². The summed E-state index contributed by atoms with van der Waals surface area (Å²) in [5.41, 5.74) is 3.22. The van der Waals surface area contributed by atoms with E-state index in [1.165, 1.54) is 16.9 Å². The molecule has 0 unspecified atom stereocenters. The smallest absolute Gasteiger partial charge is 0.133 e. The highest BCUT2D eigenvalue weighted by molar-refractivity contribution is 7.13. The van der Waals surface area contributed by atoms with E-state index in [1.54, 1.807) is 17.4 Å². The van der Waals surface area contributed by atoms with E-state index in [9.17, 15) is 0 Å². The SMILES string of the molecule is Clc1cc(Cl)cc(-n2nc(-c3cccs3)c3c2NCCCC3)c1. The van der Waals surface area contributed by atoms with Crippen molar-refractivity contribution in [1.29, 1.82) is 0 Å². The van der Waals surface area contributed by atoms with E-state index in [0.29, 0.717) is 10.0 Å². The second-order valence-corrected chi connectivity index (χ2v) is 7.40. The molecule has 23 heavy (non-hydrogen) atoms. The summed E-state index contributed by atoms with van der Waals surface area (Å²) in [5, 5.41) is 11.7. The van der Waals surface area contributed by atoms with E-state index in [4.69, 9.17) is 28.3 Å². The standard InChI is InChI=1S/C17H15Cl2N3S/c18-11-8-12(19)10-13(9-11)22-17-14(4-1-2-6-20-17)16(21-22)15-5-3-7-23-15/h3,5,7-10,20H,1-2,4,6H2. The molecule has 118 valence electrons. The number of halogens is 2. The molecule has 0 saturated carbocycles. The number of benzene rings is 1. The number of fused-ring (bicyclic) bond motifs is 1. The van der Waals surface area contributed by atoms with Crippen LogP contribution in [0.4, 0.5) is 5.82 Å². The van der Waals surface area contributed by atoms with Gasteiger partial charge in [-0.15, -0.1) is 11.3 Å². The number of anilines is 1. The molecule has 0 amide bonds. The van der Waals surface area contributed by atoms with E-state index in [0.717, 1.165) is 36.6 Å². The Morgan fingerprint density at radius 1 is 1.13 bits per heavy atom. The van der Waals surface area contributed by atoms with E-state index in [-0.39, 0.29) is 0 Å². The molecule has 0 aliphatic carbocycles. The Labute approximate surface area is 148 Å². The molecule has 3 nitrogen and oxygen atoms in total. The van der Waals surface area contributed by atoms with Crippen molar-refractivity contribution in [2.45, 2.75) is 19.3 Å². The Balaban J connectivity index is 1.93. The number of thiophene rings is 1. The van der Waals surface area contributed by atoms with Crippen LogP contribution in [-0.4, -0.2) is 16.3 Å². The lowest BCUT2D eigenvalue weighted by Gasteiger charge is -2.10. The molecule has 0 bridgehead atoms. The molecule has 0 atom stereocenters. The lowest BCUT2D eigenvalue weighted by Crippen LogP contribution is -2.07. The van der Waals surface area contributed by atoms with Crippen molar-refractivity contribution >= 4 is 40.4 Å². The Morgan fingerprint density at radius 3 is 2.70 bits per heavy atom. The van der Waals surface area contributed by atoms with Gasteiger partial charge in [0.05, 0.1) is 10.6 Å². The van der Waals surface area contributed by atoms with Gasteiger partial charge in [0.2, 0.25) is 0 Å². The first kappa shape index (κ1) is 15.1. The molecule has 0 saturated heterocycles. The molecule has 1 aliphatic rings. The van der Waals surface area contributed by atoms with Crippen molar-refractivity contribution in [2.75, 3.05) is 11.9 Å². The van der Waals surface area contributed by atoms with Crippen LogP contribution in [0.2, 0.25) is 10.0 Å². The zero-order valence-electron chi connectivity index (χ0n) is 12.4. The molecule has 4 rings (SSSR count). The fraction of sp³-hybridized carbons (Fsp3) is 0.235. The predicted molar refractivity (Wildman–Crippen MR) is 98.3 cm³/mol. The fourth-order valence-corrected chi connectivity index (χ4v) is 4.21. The number of nitrogens with one attached hydrogen (secondary N) is 1. The van der Waals surface area contributed by atoms with Crippen LogP contribution in [0.3, 0.4) is 0 Å². The van der Waals surface area contributed by atoms with E-state index in [2.05, 4.69) is 22.8 Å². The van der Waals surface area contributed by atoms with Gasteiger partial charge in [-0.3, -0.25) is 0 Å². The molecular weight excluding hydrogens is 349 g/mol. The zero-order valence-corrected chi connectivity index (χ0v) is 14.7. The summed E-state index contributed by atoms with van der Waals surface area (Å²) >= 11 is 14.1. The lowest BCUT2D eigenvalue weighted by molar-refractivity contribution is 0.780. The number of rotatable bonds is 2. The third-order valence-electron chi connectivity index (χ3n) is 3.98. The number of nitrogens with zero attached hydrogens (tertiary/aromatic N) is 2. The van der Waals surface area contributed by atoms with Gasteiger partial charge in [-0.2, -0.15) is 5.10 Å². The third-order valence-corrected chi connectivity index (χ3v) is 5.29. The number of hydrogen-bond donors (Lipinski definition) is 1. The molecule has 1 aromatic carbocycles. The first-order chi connectivity index (χ1) is 11.2. The first-order valence-corrected chi connectivity index (χ1v) is 9.22. The van der Waals surface area contributed by atoms with Gasteiger partial charge >= 0.3 is 0 Å². The molecule has 0 radical (unpaired) electrons. The molecular formula is C17H15Cl2N3S. The minimum absolute atomic E-state index is 0.614. The van der Waals surface area contributed by atoms with Crippen molar-refractivity contribution in [1.82, 2.24) is 9.78 Å². The van der Waals surface area contributed by atoms with Gasteiger partial charge in [-0.25, -0.2) is 4.68 Å². The van der Waals surface area contributed by atoms with Crippen LogP contribution in [0.5, 0.6) is 0 Å². The Morgan fingerprint density at radius 2 is 1.96 bits per heavy atom. The van der Waals surface area contributed by atoms with Gasteiger partial charge in [-0.05, 0) is 48.9 Å². The van der Waals surface area contributed by atoms with Crippen molar-refractivity contribution < 1.29 is 0 Å². The van der Waals surface area contributed by atoms with Gasteiger partial charge in [0.15, 0.2) is 0 Å². The zero-order chi connectivity index (χ0) is 15.8. The summed E-state index contributed by atoms with van der Waals surface area (Å²) in [6, 6.07) is 9.71. The van der Waals surface area contributed by atoms with Crippen LogP contribution in [0.25, 0.3) is 16.3 Å². The van der Waals surface area contributed by atoms with E-state index >= 15 is 0 Å². The molecule has 6 heteroatoms.